The highest BCUT2D eigenvalue weighted by molar-refractivity contribution is 4.82. The number of rotatable bonds is 6. The molecule has 0 heterocycles. The van der Waals surface area contributed by atoms with Gasteiger partial charge in [-0.3, -0.25) is 0 Å². The van der Waals surface area contributed by atoms with E-state index in [-0.39, 0.29) is 0 Å². The predicted molar refractivity (Wildman–Crippen MR) is 86.0 cm³/mol. The molecule has 2 saturated carbocycles. The maximum absolute atomic E-state index is 6.28. The average molecular weight is 281 g/mol. The molecular weight excluding hydrogens is 246 g/mol. The molecule has 1 N–H and O–H groups in total. The largest absolute Gasteiger partial charge is 0.377 e. The first kappa shape index (κ1) is 16.3. The Balaban J connectivity index is 1.74. The zero-order valence-electron chi connectivity index (χ0n) is 13.9. The van der Waals surface area contributed by atoms with Crippen molar-refractivity contribution in [1.82, 2.24) is 5.32 Å². The summed E-state index contributed by atoms with van der Waals surface area (Å²) < 4.78 is 6.28. The van der Waals surface area contributed by atoms with Crippen LogP contribution in [-0.2, 0) is 4.74 Å². The smallest absolute Gasteiger partial charge is 0.0626 e. The number of hydrogen-bond donors (Lipinski definition) is 1. The molecule has 2 nitrogen and oxygen atoms in total. The Bertz CT molecular complexity index is 261. The standard InChI is InChI=1S/C18H35NO/c1-4-19-17(15-8-6-5-7-9-15)14-20-16-10-12-18(2,3)13-11-16/h15-17,19H,4-14H2,1-3H3. The van der Waals surface area contributed by atoms with Gasteiger partial charge in [0.05, 0.1) is 12.7 Å². The van der Waals surface area contributed by atoms with E-state index < -0.39 is 0 Å². The second-order valence-electron chi connectivity index (χ2n) is 7.76. The fraction of sp³-hybridized carbons (Fsp3) is 1.00. The summed E-state index contributed by atoms with van der Waals surface area (Å²) in [5, 5.41) is 3.68. The molecule has 1 unspecified atom stereocenters. The van der Waals surface area contributed by atoms with Crippen LogP contribution in [0.4, 0.5) is 0 Å². The van der Waals surface area contributed by atoms with Crippen LogP contribution in [0.1, 0.15) is 78.6 Å². The van der Waals surface area contributed by atoms with Gasteiger partial charge in [0.1, 0.15) is 0 Å². The van der Waals surface area contributed by atoms with Crippen molar-refractivity contribution in [3.05, 3.63) is 0 Å². The second-order valence-corrected chi connectivity index (χ2v) is 7.76. The van der Waals surface area contributed by atoms with Crippen LogP contribution in [0.25, 0.3) is 0 Å². The Hall–Kier alpha value is -0.0800. The maximum Gasteiger partial charge on any atom is 0.0626 e. The van der Waals surface area contributed by atoms with Crippen LogP contribution in [0.2, 0.25) is 0 Å². The molecule has 118 valence electrons. The van der Waals surface area contributed by atoms with Crippen molar-refractivity contribution in [2.45, 2.75) is 90.7 Å². The minimum Gasteiger partial charge on any atom is -0.377 e. The van der Waals surface area contributed by atoms with Crippen LogP contribution in [-0.4, -0.2) is 25.3 Å². The van der Waals surface area contributed by atoms with Gasteiger partial charge in [-0.2, -0.15) is 0 Å². The van der Waals surface area contributed by atoms with Gasteiger partial charge in [0.2, 0.25) is 0 Å². The van der Waals surface area contributed by atoms with Crippen LogP contribution < -0.4 is 5.32 Å². The number of hydrogen-bond acceptors (Lipinski definition) is 2. The van der Waals surface area contributed by atoms with Gasteiger partial charge in [-0.15, -0.1) is 0 Å². The van der Waals surface area contributed by atoms with E-state index in [0.717, 1.165) is 19.1 Å². The monoisotopic (exact) mass is 281 g/mol. The molecule has 2 fully saturated rings. The first-order valence-corrected chi connectivity index (χ1v) is 8.96. The summed E-state index contributed by atoms with van der Waals surface area (Å²) in [6.07, 6.45) is 12.8. The Labute approximate surface area is 126 Å². The summed E-state index contributed by atoms with van der Waals surface area (Å²) in [6, 6.07) is 0.593. The summed E-state index contributed by atoms with van der Waals surface area (Å²) in [7, 11) is 0. The quantitative estimate of drug-likeness (QED) is 0.772. The molecule has 0 spiro atoms. The van der Waals surface area contributed by atoms with Crippen LogP contribution >= 0.6 is 0 Å². The summed E-state index contributed by atoms with van der Waals surface area (Å²) in [4.78, 5) is 0. The highest BCUT2D eigenvalue weighted by atomic mass is 16.5. The Kier molecular flexibility index (Phi) is 6.35. The zero-order chi connectivity index (χ0) is 14.4. The van der Waals surface area contributed by atoms with Crippen molar-refractivity contribution in [1.29, 1.82) is 0 Å². The zero-order valence-corrected chi connectivity index (χ0v) is 13.9. The van der Waals surface area contributed by atoms with Gasteiger partial charge in [0.15, 0.2) is 0 Å². The third-order valence-corrected chi connectivity index (χ3v) is 5.48. The van der Waals surface area contributed by atoms with Crippen LogP contribution in [0.15, 0.2) is 0 Å². The third-order valence-electron chi connectivity index (χ3n) is 5.48. The minimum absolute atomic E-state index is 0.521. The molecule has 1 atom stereocenters. The predicted octanol–water partition coefficient (Wildman–Crippen LogP) is 4.53. The van der Waals surface area contributed by atoms with Crippen LogP contribution in [0.5, 0.6) is 0 Å². The van der Waals surface area contributed by atoms with E-state index in [2.05, 4.69) is 26.1 Å². The molecule has 0 aliphatic heterocycles. The lowest BCUT2D eigenvalue weighted by Gasteiger charge is -2.36. The van der Waals surface area contributed by atoms with E-state index in [9.17, 15) is 0 Å². The van der Waals surface area contributed by atoms with Crippen LogP contribution in [0, 0.1) is 11.3 Å². The molecule has 0 bridgehead atoms. The lowest BCUT2D eigenvalue weighted by molar-refractivity contribution is -0.0146. The fourth-order valence-corrected chi connectivity index (χ4v) is 3.94. The van der Waals surface area contributed by atoms with Gasteiger partial charge in [-0.25, -0.2) is 0 Å². The normalized spacial score (nSPS) is 26.6. The van der Waals surface area contributed by atoms with Crippen molar-refractivity contribution in [2.75, 3.05) is 13.2 Å². The number of ether oxygens (including phenoxy) is 1. The molecule has 2 heteroatoms. The van der Waals surface area contributed by atoms with E-state index in [1.54, 1.807) is 0 Å². The number of nitrogens with one attached hydrogen (secondary N) is 1. The summed E-state index contributed by atoms with van der Waals surface area (Å²) >= 11 is 0. The van der Waals surface area contributed by atoms with Gasteiger partial charge in [-0.1, -0.05) is 40.0 Å². The van der Waals surface area contributed by atoms with Gasteiger partial charge >= 0.3 is 0 Å². The van der Waals surface area contributed by atoms with Crippen LogP contribution in [0.3, 0.4) is 0 Å². The first-order valence-electron chi connectivity index (χ1n) is 8.96. The molecule has 0 aromatic rings. The highest BCUT2D eigenvalue weighted by Gasteiger charge is 2.29. The third kappa shape index (κ3) is 5.04. The van der Waals surface area contributed by atoms with E-state index in [1.807, 2.05) is 0 Å². The van der Waals surface area contributed by atoms with Crippen molar-refractivity contribution in [3.8, 4) is 0 Å². The molecule has 2 aliphatic carbocycles. The molecule has 0 radical (unpaired) electrons. The van der Waals surface area contributed by atoms with E-state index >= 15 is 0 Å². The molecule has 0 aromatic carbocycles. The SMILES string of the molecule is CCNC(COC1CCC(C)(C)CC1)C1CCCCC1. The molecule has 2 aliphatic rings. The van der Waals surface area contributed by atoms with E-state index in [0.29, 0.717) is 17.6 Å². The maximum atomic E-state index is 6.28. The number of likely N-dealkylation sites (N-methyl/N-ethyl adjacent to an activating group) is 1. The van der Waals surface area contributed by atoms with Gasteiger partial charge in [-0.05, 0) is 56.4 Å². The Morgan fingerprint density at radius 1 is 1.05 bits per heavy atom. The molecule has 0 amide bonds. The second kappa shape index (κ2) is 7.79. The van der Waals surface area contributed by atoms with Gasteiger partial charge in [0, 0.05) is 6.04 Å². The van der Waals surface area contributed by atoms with Crippen molar-refractivity contribution in [3.63, 3.8) is 0 Å². The van der Waals surface area contributed by atoms with Crippen molar-refractivity contribution < 1.29 is 4.74 Å². The lowest BCUT2D eigenvalue weighted by Crippen LogP contribution is -2.42. The molecule has 0 saturated heterocycles. The summed E-state index contributed by atoms with van der Waals surface area (Å²) in [6.45, 7) is 9.02. The molecule has 2 rings (SSSR count). The van der Waals surface area contributed by atoms with E-state index in [1.165, 1.54) is 57.8 Å². The van der Waals surface area contributed by atoms with Crippen molar-refractivity contribution >= 4 is 0 Å². The van der Waals surface area contributed by atoms with Gasteiger partial charge in [0.25, 0.3) is 0 Å². The minimum atomic E-state index is 0.521. The first-order chi connectivity index (χ1) is 9.61. The van der Waals surface area contributed by atoms with E-state index in [4.69, 9.17) is 4.74 Å². The topological polar surface area (TPSA) is 21.3 Å². The van der Waals surface area contributed by atoms with Crippen molar-refractivity contribution in [2.24, 2.45) is 11.3 Å². The fourth-order valence-electron chi connectivity index (χ4n) is 3.94. The lowest BCUT2D eigenvalue weighted by atomic mass is 9.76. The molecule has 0 aromatic heterocycles. The summed E-state index contributed by atoms with van der Waals surface area (Å²) in [5.41, 5.74) is 0.546. The highest BCUT2D eigenvalue weighted by Crippen LogP contribution is 2.36. The Morgan fingerprint density at radius 2 is 1.70 bits per heavy atom. The molecular formula is C18H35NO. The Morgan fingerprint density at radius 3 is 2.30 bits per heavy atom. The summed E-state index contributed by atoms with van der Waals surface area (Å²) in [5.74, 6) is 0.851. The average Bonchev–Trinajstić information content (AvgIpc) is 2.45. The molecule has 20 heavy (non-hydrogen) atoms. The van der Waals surface area contributed by atoms with Gasteiger partial charge < -0.3 is 10.1 Å².